The van der Waals surface area contributed by atoms with Crippen molar-refractivity contribution in [2.75, 3.05) is 0 Å². The van der Waals surface area contributed by atoms with Crippen molar-refractivity contribution in [1.29, 1.82) is 0 Å². The molecule has 0 saturated heterocycles. The third-order valence-electron chi connectivity index (χ3n) is 2.43. The zero-order chi connectivity index (χ0) is 11.1. The molecule has 0 fully saturated rings. The van der Waals surface area contributed by atoms with Crippen molar-refractivity contribution in [2.45, 2.75) is 19.4 Å². The number of imidazole rings is 1. The molecule has 0 radical (unpaired) electrons. The fraction of sp³-hybridized carbons (Fsp3) is 0.300. The molecule has 0 aliphatic heterocycles. The highest BCUT2D eigenvalue weighted by Crippen LogP contribution is 2.20. The molecular weight excluding hydrogens is 194 g/mol. The Kier molecular flexibility index (Phi) is 1.96. The van der Waals surface area contributed by atoms with Crippen LogP contribution in [0.3, 0.4) is 0 Å². The molecule has 0 saturated carbocycles. The van der Waals surface area contributed by atoms with Gasteiger partial charge in [0.25, 0.3) is 0 Å². The molecule has 0 unspecified atom stereocenters. The molecule has 0 aliphatic rings. The van der Waals surface area contributed by atoms with E-state index in [9.17, 15) is 4.79 Å². The van der Waals surface area contributed by atoms with Crippen LogP contribution in [0.1, 0.15) is 13.8 Å². The lowest BCUT2D eigenvalue weighted by atomic mass is 10.1. The molecule has 1 N–H and O–H groups in total. The van der Waals surface area contributed by atoms with E-state index >= 15 is 0 Å². The standard InChI is InChI=1S/C10H11N3O2/c1-10(2,9(14)15)13-6-12-7-4-3-5-11-8(7)13/h3-6H,1-2H3,(H,14,15). The Labute approximate surface area is 86.4 Å². The van der Waals surface area contributed by atoms with E-state index in [1.54, 1.807) is 36.7 Å². The second kappa shape index (κ2) is 3.05. The molecule has 2 aromatic rings. The van der Waals surface area contributed by atoms with E-state index in [4.69, 9.17) is 5.11 Å². The van der Waals surface area contributed by atoms with Crippen molar-refractivity contribution in [2.24, 2.45) is 0 Å². The minimum atomic E-state index is -1.04. The van der Waals surface area contributed by atoms with Crippen molar-refractivity contribution < 1.29 is 9.90 Å². The second-order valence-corrected chi connectivity index (χ2v) is 3.82. The monoisotopic (exact) mass is 205 g/mol. The summed E-state index contributed by atoms with van der Waals surface area (Å²) in [5, 5.41) is 9.10. The zero-order valence-corrected chi connectivity index (χ0v) is 8.51. The highest BCUT2D eigenvalue weighted by molar-refractivity contribution is 5.79. The molecule has 15 heavy (non-hydrogen) atoms. The number of aromatic nitrogens is 3. The molecular formula is C10H11N3O2. The van der Waals surface area contributed by atoms with Crippen LogP contribution in [0.15, 0.2) is 24.7 Å². The van der Waals surface area contributed by atoms with Crippen LogP contribution in [0.2, 0.25) is 0 Å². The summed E-state index contributed by atoms with van der Waals surface area (Å²) >= 11 is 0. The Balaban J connectivity index is 2.67. The largest absolute Gasteiger partial charge is 0.480 e. The smallest absolute Gasteiger partial charge is 0.329 e. The second-order valence-electron chi connectivity index (χ2n) is 3.82. The Bertz CT molecular complexity index is 516. The van der Waals surface area contributed by atoms with E-state index in [1.807, 2.05) is 0 Å². The van der Waals surface area contributed by atoms with E-state index in [-0.39, 0.29) is 0 Å². The minimum absolute atomic E-state index is 0.588. The number of nitrogens with zero attached hydrogens (tertiary/aromatic N) is 3. The predicted molar refractivity (Wildman–Crippen MR) is 54.5 cm³/mol. The van der Waals surface area contributed by atoms with Gasteiger partial charge in [-0.3, -0.25) is 4.57 Å². The molecule has 0 bridgehead atoms. The maximum atomic E-state index is 11.1. The Morgan fingerprint density at radius 3 is 2.87 bits per heavy atom. The maximum absolute atomic E-state index is 11.1. The average molecular weight is 205 g/mol. The number of fused-ring (bicyclic) bond motifs is 1. The predicted octanol–water partition coefficient (Wildman–Crippen LogP) is 1.25. The SMILES string of the molecule is CC(C)(C(=O)O)n1cnc2cccnc21. The molecule has 5 heteroatoms. The first-order chi connectivity index (χ1) is 7.03. The number of carbonyl (C=O) groups is 1. The van der Waals surface area contributed by atoms with Gasteiger partial charge < -0.3 is 5.11 Å². The van der Waals surface area contributed by atoms with Gasteiger partial charge in [0.1, 0.15) is 11.1 Å². The third-order valence-corrected chi connectivity index (χ3v) is 2.43. The van der Waals surface area contributed by atoms with Gasteiger partial charge in [-0.15, -0.1) is 0 Å². The van der Waals surface area contributed by atoms with Crippen LogP contribution >= 0.6 is 0 Å². The van der Waals surface area contributed by atoms with Crippen LogP contribution in [0.25, 0.3) is 11.2 Å². The minimum Gasteiger partial charge on any atom is -0.480 e. The van der Waals surface area contributed by atoms with Crippen LogP contribution in [0.5, 0.6) is 0 Å². The molecule has 0 aliphatic carbocycles. The van der Waals surface area contributed by atoms with Gasteiger partial charge in [-0.1, -0.05) is 0 Å². The van der Waals surface area contributed by atoms with Crippen molar-refractivity contribution >= 4 is 17.1 Å². The number of rotatable bonds is 2. The summed E-state index contributed by atoms with van der Waals surface area (Å²) < 4.78 is 1.56. The molecule has 0 atom stereocenters. The first kappa shape index (κ1) is 9.64. The summed E-state index contributed by atoms with van der Waals surface area (Å²) in [7, 11) is 0. The van der Waals surface area contributed by atoms with Gasteiger partial charge in [0, 0.05) is 6.20 Å². The summed E-state index contributed by atoms with van der Waals surface area (Å²) in [5.74, 6) is -0.910. The quantitative estimate of drug-likeness (QED) is 0.801. The molecule has 2 aromatic heterocycles. The molecule has 0 aromatic carbocycles. The first-order valence-electron chi connectivity index (χ1n) is 4.55. The zero-order valence-electron chi connectivity index (χ0n) is 8.51. The summed E-state index contributed by atoms with van der Waals surface area (Å²) in [4.78, 5) is 19.3. The van der Waals surface area contributed by atoms with E-state index in [2.05, 4.69) is 9.97 Å². The van der Waals surface area contributed by atoms with Gasteiger partial charge >= 0.3 is 5.97 Å². The summed E-state index contributed by atoms with van der Waals surface area (Å²) in [6.07, 6.45) is 3.13. The van der Waals surface area contributed by atoms with Gasteiger partial charge in [0.2, 0.25) is 0 Å². The summed E-state index contributed by atoms with van der Waals surface area (Å²) in [6, 6.07) is 3.57. The topological polar surface area (TPSA) is 68.0 Å². The molecule has 0 amide bonds. The maximum Gasteiger partial charge on any atom is 0.329 e. The summed E-state index contributed by atoms with van der Waals surface area (Å²) in [6.45, 7) is 3.23. The fourth-order valence-corrected chi connectivity index (χ4v) is 1.36. The van der Waals surface area contributed by atoms with E-state index < -0.39 is 11.5 Å². The number of carboxylic acid groups (broad SMARTS) is 1. The van der Waals surface area contributed by atoms with Crippen molar-refractivity contribution in [3.63, 3.8) is 0 Å². The highest BCUT2D eigenvalue weighted by Gasteiger charge is 2.30. The van der Waals surface area contributed by atoms with Crippen LogP contribution in [0, 0.1) is 0 Å². The lowest BCUT2D eigenvalue weighted by Gasteiger charge is -2.21. The number of hydrogen-bond acceptors (Lipinski definition) is 3. The molecule has 78 valence electrons. The number of aliphatic carboxylic acids is 1. The van der Waals surface area contributed by atoms with E-state index in [1.165, 1.54) is 6.33 Å². The lowest BCUT2D eigenvalue weighted by Crippen LogP contribution is -2.35. The lowest BCUT2D eigenvalue weighted by molar-refractivity contribution is -0.145. The van der Waals surface area contributed by atoms with Crippen LogP contribution in [-0.4, -0.2) is 25.6 Å². The number of carboxylic acids is 1. The molecule has 0 spiro atoms. The van der Waals surface area contributed by atoms with Gasteiger partial charge in [-0.25, -0.2) is 14.8 Å². The highest BCUT2D eigenvalue weighted by atomic mass is 16.4. The van der Waals surface area contributed by atoms with Crippen molar-refractivity contribution in [3.8, 4) is 0 Å². The van der Waals surface area contributed by atoms with Crippen LogP contribution < -0.4 is 0 Å². The Morgan fingerprint density at radius 1 is 1.47 bits per heavy atom. The van der Waals surface area contributed by atoms with Crippen molar-refractivity contribution in [1.82, 2.24) is 14.5 Å². The van der Waals surface area contributed by atoms with E-state index in [0.29, 0.717) is 11.2 Å². The van der Waals surface area contributed by atoms with Gasteiger partial charge in [-0.05, 0) is 26.0 Å². The Morgan fingerprint density at radius 2 is 2.20 bits per heavy atom. The first-order valence-corrected chi connectivity index (χ1v) is 4.55. The number of pyridine rings is 1. The third kappa shape index (κ3) is 1.36. The average Bonchev–Trinajstić information content (AvgIpc) is 2.61. The fourth-order valence-electron chi connectivity index (χ4n) is 1.36. The molecule has 5 nitrogen and oxygen atoms in total. The normalized spacial score (nSPS) is 11.9. The number of hydrogen-bond donors (Lipinski definition) is 1. The van der Waals surface area contributed by atoms with Gasteiger partial charge in [-0.2, -0.15) is 0 Å². The summed E-state index contributed by atoms with van der Waals surface area (Å²) in [5.41, 5.74) is 0.250. The molecule has 2 rings (SSSR count). The van der Waals surface area contributed by atoms with Crippen molar-refractivity contribution in [3.05, 3.63) is 24.7 Å². The van der Waals surface area contributed by atoms with Gasteiger partial charge in [0.15, 0.2) is 5.65 Å². The van der Waals surface area contributed by atoms with Gasteiger partial charge in [0.05, 0.1) is 6.33 Å². The van der Waals surface area contributed by atoms with Crippen LogP contribution in [0.4, 0.5) is 0 Å². The van der Waals surface area contributed by atoms with E-state index in [0.717, 1.165) is 0 Å². The molecule has 2 heterocycles. The Hall–Kier alpha value is -1.91. The van der Waals surface area contributed by atoms with Crippen LogP contribution in [-0.2, 0) is 10.3 Å².